The zero-order chi connectivity index (χ0) is 11.7. The topological polar surface area (TPSA) is 37.3 Å². The maximum Gasteiger partial charge on any atom is 0.359 e. The van der Waals surface area contributed by atoms with Crippen molar-refractivity contribution >= 4 is 5.97 Å². The van der Waals surface area contributed by atoms with Crippen molar-refractivity contribution in [2.24, 2.45) is 0 Å². The number of hydrogen-bond acceptors (Lipinski definition) is 1. The molecule has 0 saturated heterocycles. The Morgan fingerprint density at radius 2 is 1.56 bits per heavy atom. The molecule has 0 spiro atoms. The Labute approximate surface area is 110 Å². The molecule has 0 radical (unpaired) electrons. The fraction of sp³-hybridized carbons (Fsp3) is 0.917. The summed E-state index contributed by atoms with van der Waals surface area (Å²) in [5, 5.41) is 8.71. The van der Waals surface area contributed by atoms with Crippen LogP contribution in [0.2, 0.25) is 0 Å². The van der Waals surface area contributed by atoms with E-state index in [1.165, 1.54) is 32.1 Å². The predicted octanol–water partition coefficient (Wildman–Crippen LogP) is -0.488. The number of quaternary nitrogens is 1. The van der Waals surface area contributed by atoms with Gasteiger partial charge in [-0.2, -0.15) is 0 Å². The maximum atomic E-state index is 10.6. The minimum Gasteiger partial charge on any atom is -1.00 e. The molecule has 0 rings (SSSR count). The molecule has 0 heterocycles. The first kappa shape index (κ1) is 18.3. The monoisotopic (exact) mass is 295 g/mol. The van der Waals surface area contributed by atoms with Crippen molar-refractivity contribution in [1.82, 2.24) is 0 Å². The number of carboxylic acids is 1. The summed E-state index contributed by atoms with van der Waals surface area (Å²) in [6.45, 7) is 3.42. The fourth-order valence-corrected chi connectivity index (χ4v) is 1.77. The molecule has 98 valence electrons. The number of likely N-dealkylation sites (N-methyl/N-ethyl adjacent to an activating group) is 1. The van der Waals surface area contributed by atoms with E-state index in [9.17, 15) is 4.79 Å². The summed E-state index contributed by atoms with van der Waals surface area (Å²) in [5.41, 5.74) is 0. The molecule has 0 atom stereocenters. The summed E-state index contributed by atoms with van der Waals surface area (Å²) >= 11 is 0. The zero-order valence-corrected chi connectivity index (χ0v) is 12.4. The van der Waals surface area contributed by atoms with Gasteiger partial charge in [0, 0.05) is 0 Å². The molecule has 0 fully saturated rings. The third-order valence-corrected chi connectivity index (χ3v) is 2.68. The van der Waals surface area contributed by atoms with Gasteiger partial charge in [0.2, 0.25) is 0 Å². The predicted molar refractivity (Wildman–Crippen MR) is 62.9 cm³/mol. The summed E-state index contributed by atoms with van der Waals surface area (Å²) in [6.07, 6.45) is 7.60. The minimum absolute atomic E-state index is 0. The molecule has 0 aromatic carbocycles. The highest BCUT2D eigenvalue weighted by Gasteiger charge is 2.18. The second kappa shape index (κ2) is 10.1. The molecule has 0 aromatic rings. The number of unbranched alkanes of at least 4 members (excludes halogenated alkanes) is 5. The molecule has 0 saturated carbocycles. The van der Waals surface area contributed by atoms with Crippen LogP contribution in [-0.2, 0) is 4.79 Å². The second-order valence-corrected chi connectivity index (χ2v) is 4.98. The first-order valence-electron chi connectivity index (χ1n) is 6.02. The Hall–Kier alpha value is -0.0900. The van der Waals surface area contributed by atoms with E-state index in [1.807, 2.05) is 14.1 Å². The van der Waals surface area contributed by atoms with Crippen LogP contribution in [0.5, 0.6) is 0 Å². The Morgan fingerprint density at radius 3 is 2.06 bits per heavy atom. The van der Waals surface area contributed by atoms with E-state index in [1.54, 1.807) is 0 Å². The van der Waals surface area contributed by atoms with Gasteiger partial charge >= 0.3 is 5.97 Å². The van der Waals surface area contributed by atoms with Gasteiger partial charge in [-0.15, -0.1) is 0 Å². The number of aliphatic carboxylic acids is 1. The molecule has 4 heteroatoms. The number of nitrogens with zero attached hydrogens (tertiary/aromatic N) is 1. The van der Waals surface area contributed by atoms with Crippen LogP contribution >= 0.6 is 0 Å². The number of hydrogen-bond donors (Lipinski definition) is 1. The van der Waals surface area contributed by atoms with Crippen LogP contribution in [0.1, 0.15) is 45.4 Å². The smallest absolute Gasteiger partial charge is 0.359 e. The van der Waals surface area contributed by atoms with Crippen molar-refractivity contribution in [3.8, 4) is 0 Å². The highest BCUT2D eigenvalue weighted by Crippen LogP contribution is 2.07. The van der Waals surface area contributed by atoms with Crippen molar-refractivity contribution in [3.05, 3.63) is 0 Å². The molecule has 0 bridgehead atoms. The summed E-state index contributed by atoms with van der Waals surface area (Å²) in [4.78, 5) is 10.6. The van der Waals surface area contributed by atoms with Crippen LogP contribution in [0.4, 0.5) is 0 Å². The van der Waals surface area contributed by atoms with Crippen LogP contribution in [0.3, 0.4) is 0 Å². The third kappa shape index (κ3) is 12.0. The molecule has 0 aromatic heterocycles. The Morgan fingerprint density at radius 1 is 1.06 bits per heavy atom. The van der Waals surface area contributed by atoms with Gasteiger partial charge in [0.1, 0.15) is 0 Å². The van der Waals surface area contributed by atoms with Gasteiger partial charge in [-0.25, -0.2) is 4.79 Å². The van der Waals surface area contributed by atoms with Gasteiger partial charge in [0.05, 0.1) is 20.6 Å². The van der Waals surface area contributed by atoms with E-state index >= 15 is 0 Å². The van der Waals surface area contributed by atoms with E-state index in [0.29, 0.717) is 4.48 Å². The highest BCUT2D eigenvalue weighted by atomic mass is 79.9. The molecule has 0 unspecified atom stereocenters. The lowest BCUT2D eigenvalue weighted by Gasteiger charge is -2.27. The van der Waals surface area contributed by atoms with Gasteiger partial charge < -0.3 is 26.6 Å². The summed E-state index contributed by atoms with van der Waals surface area (Å²) in [7, 11) is 3.97. The number of halogens is 1. The molecule has 3 nitrogen and oxygen atoms in total. The molecular formula is C12H26BrNO2. The lowest BCUT2D eigenvalue weighted by atomic mass is 10.1. The number of carbonyl (C=O) groups is 1. The SMILES string of the molecule is CCCCCCCC[N+](C)(C)CC(=O)O.[Br-]. The zero-order valence-electron chi connectivity index (χ0n) is 10.8. The maximum absolute atomic E-state index is 10.6. The summed E-state index contributed by atoms with van der Waals surface area (Å²) < 4.78 is 0.600. The van der Waals surface area contributed by atoms with Crippen LogP contribution in [-0.4, -0.2) is 42.7 Å². The Balaban J connectivity index is 0. The largest absolute Gasteiger partial charge is 1.00 e. The van der Waals surface area contributed by atoms with E-state index in [2.05, 4.69) is 6.92 Å². The molecule has 0 amide bonds. The average molecular weight is 296 g/mol. The van der Waals surface area contributed by atoms with E-state index < -0.39 is 5.97 Å². The van der Waals surface area contributed by atoms with Crippen molar-refractivity contribution in [2.45, 2.75) is 45.4 Å². The molecular weight excluding hydrogens is 270 g/mol. The third-order valence-electron chi connectivity index (χ3n) is 2.68. The quantitative estimate of drug-likeness (QED) is 0.461. The van der Waals surface area contributed by atoms with Gasteiger partial charge in [-0.05, 0) is 12.8 Å². The van der Waals surface area contributed by atoms with Gasteiger partial charge in [0.15, 0.2) is 6.54 Å². The first-order chi connectivity index (χ1) is 6.98. The van der Waals surface area contributed by atoms with E-state index in [-0.39, 0.29) is 23.5 Å². The standard InChI is InChI=1S/C12H25NO2.BrH/c1-4-5-6-7-8-9-10-13(2,3)11-12(14)15;/h4-11H2,1-3H3;1H. The van der Waals surface area contributed by atoms with Crippen molar-refractivity contribution in [3.63, 3.8) is 0 Å². The molecule has 0 aliphatic carbocycles. The van der Waals surface area contributed by atoms with E-state index in [4.69, 9.17) is 5.11 Å². The van der Waals surface area contributed by atoms with Gasteiger partial charge in [-0.3, -0.25) is 0 Å². The van der Waals surface area contributed by atoms with Crippen LogP contribution in [0.15, 0.2) is 0 Å². The molecule has 0 aliphatic heterocycles. The molecule has 0 aliphatic rings. The molecule has 16 heavy (non-hydrogen) atoms. The average Bonchev–Trinajstić information content (AvgIpc) is 2.08. The summed E-state index contributed by atoms with van der Waals surface area (Å²) in [6, 6.07) is 0. The lowest BCUT2D eigenvalue weighted by Crippen LogP contribution is -3.00. The summed E-state index contributed by atoms with van der Waals surface area (Å²) in [5.74, 6) is -0.703. The highest BCUT2D eigenvalue weighted by molar-refractivity contribution is 5.67. The first-order valence-corrected chi connectivity index (χ1v) is 6.02. The Kier molecular flexibility index (Phi) is 11.5. The van der Waals surface area contributed by atoms with Crippen molar-refractivity contribution in [1.29, 1.82) is 0 Å². The van der Waals surface area contributed by atoms with Crippen molar-refractivity contribution in [2.75, 3.05) is 27.2 Å². The van der Waals surface area contributed by atoms with Gasteiger partial charge in [-0.1, -0.05) is 32.6 Å². The molecule has 1 N–H and O–H groups in total. The van der Waals surface area contributed by atoms with Crippen LogP contribution in [0, 0.1) is 0 Å². The fourth-order valence-electron chi connectivity index (χ4n) is 1.77. The minimum atomic E-state index is -0.703. The van der Waals surface area contributed by atoms with Crippen LogP contribution < -0.4 is 17.0 Å². The van der Waals surface area contributed by atoms with Crippen LogP contribution in [0.25, 0.3) is 0 Å². The number of carboxylic acid groups (broad SMARTS) is 1. The van der Waals surface area contributed by atoms with Crippen molar-refractivity contribution < 1.29 is 31.4 Å². The number of rotatable bonds is 9. The lowest BCUT2D eigenvalue weighted by molar-refractivity contribution is -0.883. The van der Waals surface area contributed by atoms with Gasteiger partial charge in [0.25, 0.3) is 0 Å². The normalized spacial score (nSPS) is 10.9. The second-order valence-electron chi connectivity index (χ2n) is 4.98. The Bertz CT molecular complexity index is 184. The van der Waals surface area contributed by atoms with E-state index in [0.717, 1.165) is 13.0 Å².